The molecule has 1 aliphatic rings. The van der Waals surface area contributed by atoms with Crippen LogP contribution in [0.1, 0.15) is 36.7 Å². The van der Waals surface area contributed by atoms with E-state index in [9.17, 15) is 14.7 Å². The number of aromatic nitrogens is 2. The van der Waals surface area contributed by atoms with Crippen LogP contribution in [0.3, 0.4) is 0 Å². The SMILES string of the molecule is CC1(C(=O)O)CCCCN1C(=O)c1cnc[nH]1. The number of carbonyl (C=O) groups excluding carboxylic acids is 1. The number of likely N-dealkylation sites (tertiary alicyclic amines) is 1. The lowest BCUT2D eigenvalue weighted by Gasteiger charge is -2.41. The first-order valence-electron chi connectivity index (χ1n) is 5.59. The van der Waals surface area contributed by atoms with Crippen LogP contribution in [0.15, 0.2) is 12.5 Å². The number of hydrogen-bond donors (Lipinski definition) is 2. The van der Waals surface area contributed by atoms with Crippen LogP contribution < -0.4 is 0 Å². The summed E-state index contributed by atoms with van der Waals surface area (Å²) in [5.41, 5.74) is -0.778. The number of aliphatic carboxylic acids is 1. The lowest BCUT2D eigenvalue weighted by atomic mass is 9.88. The third-order valence-electron chi connectivity index (χ3n) is 3.33. The van der Waals surface area contributed by atoms with Gasteiger partial charge in [-0.15, -0.1) is 0 Å². The minimum Gasteiger partial charge on any atom is -0.480 e. The molecular weight excluding hydrogens is 222 g/mol. The van der Waals surface area contributed by atoms with Crippen LogP contribution in [0.4, 0.5) is 0 Å². The van der Waals surface area contributed by atoms with Crippen LogP contribution >= 0.6 is 0 Å². The van der Waals surface area contributed by atoms with Gasteiger partial charge in [-0.25, -0.2) is 9.78 Å². The predicted molar refractivity (Wildman–Crippen MR) is 59.5 cm³/mol. The quantitative estimate of drug-likeness (QED) is 0.799. The van der Waals surface area contributed by atoms with Crippen molar-refractivity contribution in [1.29, 1.82) is 0 Å². The van der Waals surface area contributed by atoms with Gasteiger partial charge in [0.2, 0.25) is 0 Å². The van der Waals surface area contributed by atoms with Crippen molar-refractivity contribution in [1.82, 2.24) is 14.9 Å². The van der Waals surface area contributed by atoms with Crippen molar-refractivity contribution in [3.8, 4) is 0 Å². The van der Waals surface area contributed by atoms with Crippen LogP contribution in [0.5, 0.6) is 0 Å². The Morgan fingerprint density at radius 2 is 2.29 bits per heavy atom. The number of nitrogens with one attached hydrogen (secondary N) is 1. The minimum absolute atomic E-state index is 0.299. The summed E-state index contributed by atoms with van der Waals surface area (Å²) in [5, 5.41) is 9.29. The fraction of sp³-hybridized carbons (Fsp3) is 0.545. The number of carboxylic acids is 1. The molecule has 1 aliphatic heterocycles. The van der Waals surface area contributed by atoms with E-state index in [4.69, 9.17) is 0 Å². The van der Waals surface area contributed by atoms with Gasteiger partial charge in [-0.05, 0) is 26.2 Å². The zero-order valence-corrected chi connectivity index (χ0v) is 9.64. The highest BCUT2D eigenvalue weighted by atomic mass is 16.4. The Hall–Kier alpha value is -1.85. The molecule has 2 N–H and O–H groups in total. The van der Waals surface area contributed by atoms with Crippen LogP contribution in [0.2, 0.25) is 0 Å². The minimum atomic E-state index is -1.11. The molecule has 2 rings (SSSR count). The van der Waals surface area contributed by atoms with Gasteiger partial charge in [0.15, 0.2) is 0 Å². The van der Waals surface area contributed by atoms with Crippen molar-refractivity contribution in [2.75, 3.05) is 6.54 Å². The summed E-state index contributed by atoms with van der Waals surface area (Å²) in [5.74, 6) is -1.25. The van der Waals surface area contributed by atoms with E-state index in [1.165, 1.54) is 17.4 Å². The highest BCUT2D eigenvalue weighted by Crippen LogP contribution is 2.29. The zero-order valence-electron chi connectivity index (χ0n) is 9.64. The third kappa shape index (κ3) is 1.90. The van der Waals surface area contributed by atoms with E-state index in [0.717, 1.165) is 12.8 Å². The Kier molecular flexibility index (Phi) is 2.87. The average Bonchev–Trinajstić information content (AvgIpc) is 2.82. The van der Waals surface area contributed by atoms with Gasteiger partial charge in [0, 0.05) is 6.54 Å². The Balaban J connectivity index is 2.29. The van der Waals surface area contributed by atoms with Crippen molar-refractivity contribution in [3.63, 3.8) is 0 Å². The van der Waals surface area contributed by atoms with E-state index in [1.807, 2.05) is 0 Å². The molecule has 2 heterocycles. The fourth-order valence-electron chi connectivity index (χ4n) is 2.19. The Morgan fingerprint density at radius 3 is 2.88 bits per heavy atom. The second-order valence-electron chi connectivity index (χ2n) is 4.46. The molecule has 0 spiro atoms. The number of rotatable bonds is 2. The van der Waals surface area contributed by atoms with Crippen molar-refractivity contribution >= 4 is 11.9 Å². The summed E-state index contributed by atoms with van der Waals surface area (Å²) in [6.07, 6.45) is 4.98. The summed E-state index contributed by atoms with van der Waals surface area (Å²) in [7, 11) is 0. The van der Waals surface area contributed by atoms with Gasteiger partial charge in [0.05, 0.1) is 12.5 Å². The van der Waals surface area contributed by atoms with Crippen LogP contribution in [-0.4, -0.2) is 43.9 Å². The van der Waals surface area contributed by atoms with E-state index < -0.39 is 11.5 Å². The molecule has 1 saturated heterocycles. The first-order chi connectivity index (χ1) is 8.05. The number of carbonyl (C=O) groups is 2. The molecule has 1 unspecified atom stereocenters. The maximum absolute atomic E-state index is 12.2. The number of nitrogens with zero attached hydrogens (tertiary/aromatic N) is 2. The Bertz CT molecular complexity index is 429. The molecule has 0 saturated carbocycles. The molecule has 0 aliphatic carbocycles. The van der Waals surface area contributed by atoms with E-state index >= 15 is 0 Å². The lowest BCUT2D eigenvalue weighted by molar-refractivity contribution is -0.150. The number of piperidine rings is 1. The monoisotopic (exact) mass is 237 g/mol. The van der Waals surface area contributed by atoms with Crippen LogP contribution in [0.25, 0.3) is 0 Å². The van der Waals surface area contributed by atoms with E-state index in [2.05, 4.69) is 9.97 Å². The summed E-state index contributed by atoms with van der Waals surface area (Å²) in [4.78, 5) is 31.4. The molecule has 1 fully saturated rings. The summed E-state index contributed by atoms with van der Waals surface area (Å²) < 4.78 is 0. The second-order valence-corrected chi connectivity index (χ2v) is 4.46. The number of hydrogen-bond acceptors (Lipinski definition) is 3. The normalized spacial score (nSPS) is 24.6. The zero-order chi connectivity index (χ0) is 12.5. The maximum atomic E-state index is 12.2. The first kappa shape index (κ1) is 11.6. The second kappa shape index (κ2) is 4.20. The third-order valence-corrected chi connectivity index (χ3v) is 3.33. The molecule has 0 aromatic carbocycles. The molecule has 1 atom stereocenters. The Labute approximate surface area is 98.7 Å². The number of H-pyrrole nitrogens is 1. The van der Waals surface area contributed by atoms with Gasteiger partial charge in [0.25, 0.3) is 5.91 Å². The number of carboxylic acid groups (broad SMARTS) is 1. The fourth-order valence-corrected chi connectivity index (χ4v) is 2.19. The molecule has 1 aromatic rings. The lowest BCUT2D eigenvalue weighted by Crippen LogP contribution is -2.57. The van der Waals surface area contributed by atoms with Gasteiger partial charge in [-0.1, -0.05) is 0 Å². The number of amides is 1. The van der Waals surface area contributed by atoms with Crippen LogP contribution in [0, 0.1) is 0 Å². The molecule has 0 bridgehead atoms. The summed E-state index contributed by atoms with van der Waals surface area (Å²) in [6, 6.07) is 0. The highest BCUT2D eigenvalue weighted by molar-refractivity contribution is 5.96. The Morgan fingerprint density at radius 1 is 1.53 bits per heavy atom. The van der Waals surface area contributed by atoms with Crippen molar-refractivity contribution in [2.45, 2.75) is 31.7 Å². The van der Waals surface area contributed by atoms with Gasteiger partial charge in [-0.3, -0.25) is 4.79 Å². The molecule has 0 radical (unpaired) electrons. The highest BCUT2D eigenvalue weighted by Gasteiger charge is 2.44. The molecule has 17 heavy (non-hydrogen) atoms. The van der Waals surface area contributed by atoms with Crippen molar-refractivity contribution in [3.05, 3.63) is 18.2 Å². The topological polar surface area (TPSA) is 86.3 Å². The van der Waals surface area contributed by atoms with Crippen LogP contribution in [-0.2, 0) is 4.79 Å². The van der Waals surface area contributed by atoms with E-state index in [0.29, 0.717) is 18.7 Å². The van der Waals surface area contributed by atoms with Gasteiger partial charge < -0.3 is 15.0 Å². The van der Waals surface area contributed by atoms with E-state index in [1.54, 1.807) is 6.92 Å². The predicted octanol–water partition coefficient (Wildman–Crippen LogP) is 0.879. The molecule has 1 aromatic heterocycles. The van der Waals surface area contributed by atoms with Gasteiger partial charge >= 0.3 is 5.97 Å². The van der Waals surface area contributed by atoms with Crippen molar-refractivity contribution in [2.24, 2.45) is 0 Å². The smallest absolute Gasteiger partial charge is 0.329 e. The maximum Gasteiger partial charge on any atom is 0.329 e. The average molecular weight is 237 g/mol. The van der Waals surface area contributed by atoms with E-state index in [-0.39, 0.29) is 5.91 Å². The van der Waals surface area contributed by atoms with Gasteiger partial charge in [0.1, 0.15) is 11.2 Å². The summed E-state index contributed by atoms with van der Waals surface area (Å²) >= 11 is 0. The first-order valence-corrected chi connectivity index (χ1v) is 5.59. The molecule has 6 heteroatoms. The summed E-state index contributed by atoms with van der Waals surface area (Å²) in [6.45, 7) is 2.07. The molecule has 6 nitrogen and oxygen atoms in total. The molecule has 92 valence electrons. The van der Waals surface area contributed by atoms with Gasteiger partial charge in [-0.2, -0.15) is 0 Å². The number of imidazole rings is 1. The molecule has 1 amide bonds. The van der Waals surface area contributed by atoms with Crippen molar-refractivity contribution < 1.29 is 14.7 Å². The largest absolute Gasteiger partial charge is 0.480 e. The standard InChI is InChI=1S/C11H15N3O3/c1-11(10(16)17)4-2-3-5-14(11)9(15)8-6-12-7-13-8/h6-7H,2-5H2,1H3,(H,12,13)(H,16,17). The number of aromatic amines is 1. The molecular formula is C11H15N3O3.